The number of rotatable bonds is 4. The summed E-state index contributed by atoms with van der Waals surface area (Å²) < 4.78 is 0. The van der Waals surface area contributed by atoms with Crippen LogP contribution in [0.15, 0.2) is 18.2 Å². The van der Waals surface area contributed by atoms with Crippen LogP contribution in [0.2, 0.25) is 0 Å². The highest BCUT2D eigenvalue weighted by atomic mass is 16.6. The van der Waals surface area contributed by atoms with Crippen LogP contribution in [0.3, 0.4) is 0 Å². The Morgan fingerprint density at radius 3 is 2.53 bits per heavy atom. The summed E-state index contributed by atoms with van der Waals surface area (Å²) in [5, 5.41) is 29.0. The summed E-state index contributed by atoms with van der Waals surface area (Å²) >= 11 is 0. The molecule has 0 unspecified atom stereocenters. The van der Waals surface area contributed by atoms with Crippen LogP contribution in [0.4, 0.5) is 11.4 Å². The third-order valence-corrected chi connectivity index (χ3v) is 3.02. The van der Waals surface area contributed by atoms with Gasteiger partial charge in [-0.25, -0.2) is 4.79 Å². The fourth-order valence-electron chi connectivity index (χ4n) is 1.46. The molecular weight excluding hydrogens is 250 g/mol. The van der Waals surface area contributed by atoms with Crippen LogP contribution in [0.1, 0.15) is 19.4 Å². The van der Waals surface area contributed by atoms with E-state index in [0.29, 0.717) is 0 Å². The molecule has 0 saturated heterocycles. The number of nitrogens with zero attached hydrogens (tertiary/aromatic N) is 3. The number of aliphatic carboxylic acids is 1. The zero-order valence-corrected chi connectivity index (χ0v) is 10.7. The fraction of sp³-hybridized carbons (Fsp3) is 0.333. The summed E-state index contributed by atoms with van der Waals surface area (Å²) in [7, 11) is 1.44. The van der Waals surface area contributed by atoms with Gasteiger partial charge in [0.2, 0.25) is 0 Å². The SMILES string of the molecule is CN(c1cc(C#N)ccc1[N+](=O)[O-])C(C)(C)C(=O)O. The van der Waals surface area contributed by atoms with E-state index in [9.17, 15) is 14.9 Å². The van der Waals surface area contributed by atoms with Crippen LogP contribution in [-0.2, 0) is 4.79 Å². The lowest BCUT2D eigenvalue weighted by atomic mass is 10.0. The smallest absolute Gasteiger partial charge is 0.328 e. The van der Waals surface area contributed by atoms with Gasteiger partial charge in [0.15, 0.2) is 0 Å². The third kappa shape index (κ3) is 2.63. The quantitative estimate of drug-likeness (QED) is 0.655. The second-order valence-corrected chi connectivity index (χ2v) is 4.50. The van der Waals surface area contributed by atoms with E-state index in [0.717, 1.165) is 0 Å². The van der Waals surface area contributed by atoms with E-state index >= 15 is 0 Å². The molecule has 0 aliphatic carbocycles. The minimum atomic E-state index is -1.33. The highest BCUT2D eigenvalue weighted by Crippen LogP contribution is 2.32. The van der Waals surface area contributed by atoms with E-state index < -0.39 is 16.4 Å². The number of hydrogen-bond acceptors (Lipinski definition) is 5. The van der Waals surface area contributed by atoms with Crippen LogP contribution < -0.4 is 4.90 Å². The van der Waals surface area contributed by atoms with Crippen LogP contribution in [-0.4, -0.2) is 28.6 Å². The summed E-state index contributed by atoms with van der Waals surface area (Å²) in [5.74, 6) is -1.12. The molecule has 100 valence electrons. The first kappa shape index (κ1) is 14.4. The largest absolute Gasteiger partial charge is 0.480 e. The first-order chi connectivity index (χ1) is 8.71. The zero-order valence-electron chi connectivity index (χ0n) is 10.7. The van der Waals surface area contributed by atoms with Crippen molar-refractivity contribution in [3.8, 4) is 6.07 Å². The lowest BCUT2D eigenvalue weighted by Gasteiger charge is -2.33. The van der Waals surface area contributed by atoms with Gasteiger partial charge in [-0.1, -0.05) is 0 Å². The number of hydrogen-bond donors (Lipinski definition) is 1. The molecule has 0 aliphatic rings. The lowest BCUT2D eigenvalue weighted by molar-refractivity contribution is -0.384. The van der Waals surface area contributed by atoms with Crippen molar-refractivity contribution in [2.45, 2.75) is 19.4 Å². The zero-order chi connectivity index (χ0) is 14.8. The van der Waals surface area contributed by atoms with Gasteiger partial charge in [0.25, 0.3) is 5.69 Å². The number of benzene rings is 1. The van der Waals surface area contributed by atoms with Gasteiger partial charge in [-0.3, -0.25) is 10.1 Å². The molecule has 0 radical (unpaired) electrons. The van der Waals surface area contributed by atoms with Gasteiger partial charge < -0.3 is 10.0 Å². The number of nitro benzene ring substituents is 1. The van der Waals surface area contributed by atoms with Crippen molar-refractivity contribution in [1.29, 1.82) is 5.26 Å². The number of nitriles is 1. The Morgan fingerprint density at radius 1 is 1.53 bits per heavy atom. The third-order valence-electron chi connectivity index (χ3n) is 3.02. The van der Waals surface area contributed by atoms with Gasteiger partial charge in [-0.2, -0.15) is 5.26 Å². The summed E-state index contributed by atoms with van der Waals surface area (Å²) in [6.45, 7) is 2.86. The monoisotopic (exact) mass is 263 g/mol. The van der Waals surface area contributed by atoms with Gasteiger partial charge in [0.05, 0.1) is 16.6 Å². The van der Waals surface area contributed by atoms with Gasteiger partial charge in [0.1, 0.15) is 11.2 Å². The van der Waals surface area contributed by atoms with Gasteiger partial charge >= 0.3 is 5.97 Å². The predicted octanol–water partition coefficient (Wildman–Crippen LogP) is 1.77. The Balaban J connectivity index is 3.44. The van der Waals surface area contributed by atoms with E-state index in [1.54, 1.807) is 0 Å². The Labute approximate surface area is 109 Å². The second kappa shape index (κ2) is 4.94. The number of likely N-dealkylation sites (N-methyl/N-ethyl adjacent to an activating group) is 1. The van der Waals surface area contributed by atoms with Crippen LogP contribution in [0, 0.1) is 21.4 Å². The molecule has 1 aromatic rings. The number of anilines is 1. The van der Waals surface area contributed by atoms with Crippen molar-refractivity contribution in [2.75, 3.05) is 11.9 Å². The summed E-state index contributed by atoms with van der Waals surface area (Å²) in [5.41, 5.74) is -1.25. The van der Waals surface area contributed by atoms with E-state index in [-0.39, 0.29) is 16.9 Å². The maximum absolute atomic E-state index is 11.2. The molecule has 1 aromatic carbocycles. The summed E-state index contributed by atoms with van der Waals surface area (Å²) in [6.07, 6.45) is 0. The van der Waals surface area contributed by atoms with E-state index in [4.69, 9.17) is 10.4 Å². The minimum Gasteiger partial charge on any atom is -0.480 e. The molecule has 7 heteroatoms. The molecule has 0 spiro atoms. The van der Waals surface area contributed by atoms with Crippen molar-refractivity contribution in [3.05, 3.63) is 33.9 Å². The second-order valence-electron chi connectivity index (χ2n) is 4.50. The van der Waals surface area contributed by atoms with Gasteiger partial charge in [-0.05, 0) is 26.0 Å². The molecule has 1 rings (SSSR count). The fourth-order valence-corrected chi connectivity index (χ4v) is 1.46. The molecule has 0 aromatic heterocycles. The predicted molar refractivity (Wildman–Crippen MR) is 67.9 cm³/mol. The van der Waals surface area contributed by atoms with Crippen molar-refractivity contribution < 1.29 is 14.8 Å². The molecule has 0 atom stereocenters. The first-order valence-corrected chi connectivity index (χ1v) is 5.37. The Kier molecular flexibility index (Phi) is 3.75. The lowest BCUT2D eigenvalue weighted by Crippen LogP contribution is -2.48. The van der Waals surface area contributed by atoms with E-state index in [1.165, 1.54) is 44.0 Å². The van der Waals surface area contributed by atoms with Gasteiger partial charge in [-0.15, -0.1) is 0 Å². The van der Waals surface area contributed by atoms with E-state index in [1.807, 2.05) is 6.07 Å². The standard InChI is InChI=1S/C12H13N3O4/c1-12(2,11(16)17)14(3)10-6-8(7-13)4-5-9(10)15(18)19/h4-6H,1-3H3,(H,16,17). The highest BCUT2D eigenvalue weighted by Gasteiger charge is 2.35. The van der Waals surface area contributed by atoms with Crippen molar-refractivity contribution in [2.24, 2.45) is 0 Å². The summed E-state index contributed by atoms with van der Waals surface area (Å²) in [4.78, 5) is 22.8. The first-order valence-electron chi connectivity index (χ1n) is 5.37. The van der Waals surface area contributed by atoms with Crippen LogP contribution in [0.25, 0.3) is 0 Å². The molecule has 0 amide bonds. The van der Waals surface area contributed by atoms with Gasteiger partial charge in [0, 0.05) is 13.1 Å². The number of carboxylic acids is 1. The molecule has 19 heavy (non-hydrogen) atoms. The van der Waals surface area contributed by atoms with Crippen molar-refractivity contribution in [3.63, 3.8) is 0 Å². The number of carbonyl (C=O) groups is 1. The number of carboxylic acid groups (broad SMARTS) is 1. The molecule has 0 aliphatic heterocycles. The molecule has 1 N–H and O–H groups in total. The normalized spacial score (nSPS) is 10.6. The van der Waals surface area contributed by atoms with Crippen LogP contribution in [0.5, 0.6) is 0 Å². The Bertz CT molecular complexity index is 575. The summed E-state index contributed by atoms with van der Waals surface area (Å²) in [6, 6.07) is 5.70. The highest BCUT2D eigenvalue weighted by molar-refractivity contribution is 5.84. The van der Waals surface area contributed by atoms with Crippen molar-refractivity contribution in [1.82, 2.24) is 0 Å². The van der Waals surface area contributed by atoms with Crippen LogP contribution >= 0.6 is 0 Å². The molecule has 0 fully saturated rings. The topological polar surface area (TPSA) is 107 Å². The Hall–Kier alpha value is -2.62. The van der Waals surface area contributed by atoms with Crippen molar-refractivity contribution >= 4 is 17.3 Å². The molecule has 0 heterocycles. The maximum Gasteiger partial charge on any atom is 0.328 e. The number of nitro groups is 1. The molecular formula is C12H13N3O4. The maximum atomic E-state index is 11.2. The average Bonchev–Trinajstić information content (AvgIpc) is 2.36. The Morgan fingerprint density at radius 2 is 2.11 bits per heavy atom. The molecule has 7 nitrogen and oxygen atoms in total. The minimum absolute atomic E-state index is 0.0939. The molecule has 0 saturated carbocycles. The van der Waals surface area contributed by atoms with E-state index in [2.05, 4.69) is 0 Å². The molecule has 0 bridgehead atoms. The average molecular weight is 263 g/mol.